The Kier molecular flexibility index (Phi) is 5.44. The second-order valence-electron chi connectivity index (χ2n) is 5.96. The maximum absolute atomic E-state index is 6.15. The summed E-state index contributed by atoms with van der Waals surface area (Å²) >= 11 is 18.1. The Balaban J connectivity index is 1.71. The van der Waals surface area contributed by atoms with E-state index in [-0.39, 0.29) is 0 Å². The van der Waals surface area contributed by atoms with Crippen LogP contribution in [0.1, 0.15) is 5.56 Å². The van der Waals surface area contributed by atoms with Gasteiger partial charge in [0.15, 0.2) is 11.6 Å². The number of hydrogen-bond donors (Lipinski definition) is 1. The van der Waals surface area contributed by atoms with Crippen molar-refractivity contribution in [2.45, 2.75) is 0 Å². The van der Waals surface area contributed by atoms with Crippen LogP contribution in [0.25, 0.3) is 22.3 Å². The number of benzene rings is 3. The van der Waals surface area contributed by atoms with Crippen molar-refractivity contribution in [3.8, 4) is 11.4 Å². The lowest BCUT2D eigenvalue weighted by atomic mass is 10.2. The Morgan fingerprint density at radius 1 is 0.821 bits per heavy atom. The molecule has 1 N–H and O–H groups in total. The van der Waals surface area contributed by atoms with Gasteiger partial charge >= 0.3 is 0 Å². The lowest BCUT2D eigenvalue weighted by Crippen LogP contribution is -1.99. The molecule has 0 atom stereocenters. The Morgan fingerprint density at radius 2 is 1.61 bits per heavy atom. The maximum atomic E-state index is 6.15. The average Bonchev–Trinajstić information content (AvgIpc) is 2.71. The summed E-state index contributed by atoms with van der Waals surface area (Å²) in [6.07, 6.45) is 1.70. The normalized spacial score (nSPS) is 11.2. The summed E-state index contributed by atoms with van der Waals surface area (Å²) in [6.45, 7) is 0. The van der Waals surface area contributed by atoms with Crippen LogP contribution in [0.5, 0.6) is 0 Å². The first kappa shape index (κ1) is 18.7. The van der Waals surface area contributed by atoms with E-state index < -0.39 is 0 Å². The van der Waals surface area contributed by atoms with E-state index in [1.54, 1.807) is 18.3 Å². The number of rotatable bonds is 4. The van der Waals surface area contributed by atoms with Crippen molar-refractivity contribution in [2.75, 3.05) is 5.43 Å². The quantitative estimate of drug-likeness (QED) is 0.291. The monoisotopic (exact) mass is 426 g/mol. The van der Waals surface area contributed by atoms with Gasteiger partial charge in [0.25, 0.3) is 0 Å². The van der Waals surface area contributed by atoms with Crippen LogP contribution in [-0.4, -0.2) is 16.2 Å². The van der Waals surface area contributed by atoms with E-state index in [0.717, 1.165) is 22.0 Å². The summed E-state index contributed by atoms with van der Waals surface area (Å²) in [5.74, 6) is 1.12. The van der Waals surface area contributed by atoms with Gasteiger partial charge in [0, 0.05) is 16.0 Å². The van der Waals surface area contributed by atoms with Crippen molar-refractivity contribution in [1.82, 2.24) is 9.97 Å². The minimum absolute atomic E-state index is 0.450. The molecular formula is C21H13Cl3N4. The highest BCUT2D eigenvalue weighted by Gasteiger charge is 2.10. The highest BCUT2D eigenvalue weighted by atomic mass is 35.5. The van der Waals surface area contributed by atoms with Crippen molar-refractivity contribution in [1.29, 1.82) is 0 Å². The zero-order chi connectivity index (χ0) is 19.5. The molecule has 0 bridgehead atoms. The van der Waals surface area contributed by atoms with Crippen LogP contribution in [0, 0.1) is 0 Å². The van der Waals surface area contributed by atoms with Gasteiger partial charge in [-0.15, -0.1) is 0 Å². The molecular weight excluding hydrogens is 415 g/mol. The molecule has 1 aromatic heterocycles. The third-order valence-electron chi connectivity index (χ3n) is 4.04. The lowest BCUT2D eigenvalue weighted by Gasteiger charge is -2.09. The van der Waals surface area contributed by atoms with Crippen LogP contribution < -0.4 is 5.43 Å². The van der Waals surface area contributed by atoms with E-state index in [1.165, 1.54) is 0 Å². The predicted octanol–water partition coefficient (Wildman–Crippen LogP) is 6.70. The molecule has 0 aliphatic rings. The molecule has 3 aromatic carbocycles. The Morgan fingerprint density at radius 3 is 2.39 bits per heavy atom. The van der Waals surface area contributed by atoms with Crippen molar-refractivity contribution in [3.63, 3.8) is 0 Å². The molecule has 0 saturated carbocycles. The highest BCUT2D eigenvalue weighted by Crippen LogP contribution is 2.29. The molecule has 7 heteroatoms. The SMILES string of the molecule is Clc1ccc(C=NNc2nc(-c3ccc(Cl)c(Cl)c3)nc3ccccc23)cc1. The number of hydrogen-bond acceptors (Lipinski definition) is 4. The van der Waals surface area contributed by atoms with Gasteiger partial charge < -0.3 is 0 Å². The first-order chi connectivity index (χ1) is 13.6. The van der Waals surface area contributed by atoms with Crippen LogP contribution >= 0.6 is 34.8 Å². The number of nitrogens with zero attached hydrogens (tertiary/aromatic N) is 3. The van der Waals surface area contributed by atoms with Gasteiger partial charge in [-0.05, 0) is 48.0 Å². The van der Waals surface area contributed by atoms with Gasteiger partial charge in [0.1, 0.15) is 0 Å². The number of para-hydroxylation sites is 1. The van der Waals surface area contributed by atoms with Gasteiger partial charge in [-0.3, -0.25) is 5.43 Å². The molecule has 28 heavy (non-hydrogen) atoms. The van der Waals surface area contributed by atoms with Crippen LogP contribution in [-0.2, 0) is 0 Å². The summed E-state index contributed by atoms with van der Waals surface area (Å²) < 4.78 is 0. The topological polar surface area (TPSA) is 50.2 Å². The first-order valence-corrected chi connectivity index (χ1v) is 9.50. The fourth-order valence-electron chi connectivity index (χ4n) is 2.64. The molecule has 0 spiro atoms. The molecule has 4 nitrogen and oxygen atoms in total. The molecule has 4 aromatic rings. The van der Waals surface area contributed by atoms with Crippen molar-refractivity contribution in [2.24, 2.45) is 5.10 Å². The largest absolute Gasteiger partial charge is 0.261 e. The summed E-state index contributed by atoms with van der Waals surface area (Å²) in [5, 5.41) is 6.78. The number of fused-ring (bicyclic) bond motifs is 1. The number of aromatic nitrogens is 2. The molecule has 0 aliphatic carbocycles. The van der Waals surface area contributed by atoms with Gasteiger partial charge in [0.2, 0.25) is 0 Å². The van der Waals surface area contributed by atoms with Crippen molar-refractivity contribution in [3.05, 3.63) is 87.4 Å². The van der Waals surface area contributed by atoms with E-state index in [9.17, 15) is 0 Å². The van der Waals surface area contributed by atoms with Crippen LogP contribution in [0.2, 0.25) is 15.1 Å². The third-order valence-corrected chi connectivity index (χ3v) is 5.03. The van der Waals surface area contributed by atoms with Gasteiger partial charge in [-0.25, -0.2) is 9.97 Å². The number of nitrogens with one attached hydrogen (secondary N) is 1. The summed E-state index contributed by atoms with van der Waals surface area (Å²) in [5.41, 5.74) is 5.49. The fourth-order valence-corrected chi connectivity index (χ4v) is 3.07. The molecule has 1 heterocycles. The fraction of sp³-hybridized carbons (Fsp3) is 0. The van der Waals surface area contributed by atoms with E-state index in [2.05, 4.69) is 20.5 Å². The van der Waals surface area contributed by atoms with E-state index in [4.69, 9.17) is 34.8 Å². The van der Waals surface area contributed by atoms with Gasteiger partial charge in [-0.2, -0.15) is 5.10 Å². The van der Waals surface area contributed by atoms with Gasteiger partial charge in [0.05, 0.1) is 21.8 Å². The second kappa shape index (κ2) is 8.15. The summed E-state index contributed by atoms with van der Waals surface area (Å²) in [6, 6.07) is 20.4. The molecule has 138 valence electrons. The number of hydrazone groups is 1. The average molecular weight is 428 g/mol. The zero-order valence-corrected chi connectivity index (χ0v) is 16.7. The molecule has 0 amide bonds. The molecule has 0 radical (unpaired) electrons. The highest BCUT2D eigenvalue weighted by molar-refractivity contribution is 6.42. The molecule has 0 unspecified atom stereocenters. The van der Waals surface area contributed by atoms with Crippen molar-refractivity contribution < 1.29 is 0 Å². The number of anilines is 1. The van der Waals surface area contributed by atoms with E-state index in [0.29, 0.717) is 26.7 Å². The second-order valence-corrected chi connectivity index (χ2v) is 7.21. The minimum atomic E-state index is 0.450. The molecule has 0 fully saturated rings. The van der Waals surface area contributed by atoms with E-state index in [1.807, 2.05) is 54.6 Å². The smallest absolute Gasteiger partial charge is 0.162 e. The Labute approximate surface area is 176 Å². The minimum Gasteiger partial charge on any atom is -0.261 e. The van der Waals surface area contributed by atoms with Crippen LogP contribution in [0.3, 0.4) is 0 Å². The van der Waals surface area contributed by atoms with Crippen LogP contribution in [0.15, 0.2) is 71.8 Å². The summed E-state index contributed by atoms with van der Waals surface area (Å²) in [4.78, 5) is 9.26. The van der Waals surface area contributed by atoms with E-state index >= 15 is 0 Å². The third kappa shape index (κ3) is 4.09. The van der Waals surface area contributed by atoms with Gasteiger partial charge in [-0.1, -0.05) is 59.1 Å². The summed E-state index contributed by atoms with van der Waals surface area (Å²) in [7, 11) is 0. The zero-order valence-electron chi connectivity index (χ0n) is 14.4. The number of halogens is 3. The first-order valence-electron chi connectivity index (χ1n) is 8.37. The lowest BCUT2D eigenvalue weighted by molar-refractivity contribution is 1.19. The molecule has 4 rings (SSSR count). The maximum Gasteiger partial charge on any atom is 0.162 e. The standard InChI is InChI=1S/C21H13Cl3N4/c22-15-8-5-13(6-9-15)12-25-28-21-16-3-1-2-4-19(16)26-20(27-21)14-7-10-17(23)18(24)11-14/h1-12H,(H,26,27,28). The Hall–Kier alpha value is -2.66. The van der Waals surface area contributed by atoms with Crippen LogP contribution in [0.4, 0.5) is 5.82 Å². The molecule has 0 saturated heterocycles. The predicted molar refractivity (Wildman–Crippen MR) is 118 cm³/mol. The Bertz CT molecular complexity index is 1170. The van der Waals surface area contributed by atoms with Crippen molar-refractivity contribution >= 4 is 57.7 Å². The molecule has 0 aliphatic heterocycles.